The lowest BCUT2D eigenvalue weighted by molar-refractivity contribution is 0.230. The summed E-state index contributed by atoms with van der Waals surface area (Å²) in [4.78, 5) is 0. The molecule has 2 N–H and O–H groups in total. The number of rotatable bonds is 4. The van der Waals surface area contributed by atoms with Gasteiger partial charge in [-0.1, -0.05) is 0 Å². The van der Waals surface area contributed by atoms with Crippen molar-refractivity contribution in [2.75, 3.05) is 7.11 Å². The zero-order valence-electron chi connectivity index (χ0n) is 9.83. The summed E-state index contributed by atoms with van der Waals surface area (Å²) in [5.41, 5.74) is 6.47. The Balaban J connectivity index is 2.18. The summed E-state index contributed by atoms with van der Waals surface area (Å²) < 4.78 is 12.1. The fraction of sp³-hybridized carbons (Fsp3) is 0.250. The Hall–Kier alpha value is -2.01. The van der Waals surface area contributed by atoms with E-state index in [1.54, 1.807) is 31.1 Å². The van der Waals surface area contributed by atoms with Gasteiger partial charge in [0.2, 0.25) is 0 Å². The molecule has 0 amide bonds. The molecule has 0 radical (unpaired) electrons. The molecule has 1 atom stereocenters. The van der Waals surface area contributed by atoms with Crippen LogP contribution in [0.15, 0.2) is 36.7 Å². The molecule has 0 fully saturated rings. The van der Waals surface area contributed by atoms with Crippen molar-refractivity contribution in [1.29, 1.82) is 0 Å². The normalized spacial score (nSPS) is 12.2. The van der Waals surface area contributed by atoms with E-state index in [4.69, 9.17) is 15.2 Å². The van der Waals surface area contributed by atoms with Gasteiger partial charge < -0.3 is 9.47 Å². The number of nitrogens with zero attached hydrogens (tertiary/aromatic N) is 2. The molecule has 0 aliphatic rings. The summed E-state index contributed by atoms with van der Waals surface area (Å²) in [6, 6.07) is 7.59. The quantitative estimate of drug-likeness (QED) is 0.814. The molecule has 0 aliphatic carbocycles. The van der Waals surface area contributed by atoms with E-state index in [-0.39, 0.29) is 6.23 Å². The van der Waals surface area contributed by atoms with Crippen molar-refractivity contribution >= 4 is 0 Å². The standard InChI is InChI=1S/C12H15N3O2/c1-9(13)17-12-7-14-15(8-12)10-3-5-11(16-2)6-4-10/h3-9H,13H2,1-2H3. The summed E-state index contributed by atoms with van der Waals surface area (Å²) in [5, 5.41) is 4.19. The lowest BCUT2D eigenvalue weighted by atomic mass is 10.3. The topological polar surface area (TPSA) is 62.3 Å². The number of hydrogen-bond acceptors (Lipinski definition) is 4. The first-order chi connectivity index (χ1) is 8.19. The van der Waals surface area contributed by atoms with E-state index in [1.165, 1.54) is 0 Å². The molecule has 5 heteroatoms. The van der Waals surface area contributed by atoms with E-state index in [0.717, 1.165) is 11.4 Å². The average Bonchev–Trinajstić information content (AvgIpc) is 2.77. The van der Waals surface area contributed by atoms with Crippen LogP contribution >= 0.6 is 0 Å². The Bertz CT molecular complexity index is 477. The maximum Gasteiger partial charge on any atom is 0.160 e. The summed E-state index contributed by atoms with van der Waals surface area (Å²) >= 11 is 0. The minimum absolute atomic E-state index is 0.344. The van der Waals surface area contributed by atoms with E-state index in [1.807, 2.05) is 24.3 Å². The second kappa shape index (κ2) is 4.88. The fourth-order valence-electron chi connectivity index (χ4n) is 1.46. The van der Waals surface area contributed by atoms with Crippen molar-refractivity contribution < 1.29 is 9.47 Å². The molecule has 1 heterocycles. The van der Waals surface area contributed by atoms with E-state index in [0.29, 0.717) is 5.75 Å². The van der Waals surface area contributed by atoms with E-state index in [9.17, 15) is 0 Å². The van der Waals surface area contributed by atoms with Gasteiger partial charge in [-0.15, -0.1) is 0 Å². The van der Waals surface area contributed by atoms with Crippen LogP contribution in [-0.4, -0.2) is 23.1 Å². The average molecular weight is 233 g/mol. The third kappa shape index (κ3) is 2.76. The van der Waals surface area contributed by atoms with E-state index < -0.39 is 0 Å². The van der Waals surface area contributed by atoms with E-state index in [2.05, 4.69) is 5.10 Å². The maximum absolute atomic E-state index is 5.53. The van der Waals surface area contributed by atoms with Gasteiger partial charge in [-0.3, -0.25) is 5.73 Å². The first-order valence-electron chi connectivity index (χ1n) is 5.30. The highest BCUT2D eigenvalue weighted by molar-refractivity contribution is 5.37. The molecule has 2 rings (SSSR count). The molecule has 0 aliphatic heterocycles. The van der Waals surface area contributed by atoms with Crippen LogP contribution in [0, 0.1) is 0 Å². The number of hydrogen-bond donors (Lipinski definition) is 1. The highest BCUT2D eigenvalue weighted by Crippen LogP contribution is 2.17. The van der Waals surface area contributed by atoms with Crippen molar-refractivity contribution in [3.8, 4) is 17.2 Å². The van der Waals surface area contributed by atoms with Crippen LogP contribution in [0.1, 0.15) is 6.92 Å². The summed E-state index contributed by atoms with van der Waals surface area (Å²) in [5.74, 6) is 1.46. The Morgan fingerprint density at radius 3 is 2.53 bits per heavy atom. The third-order valence-electron chi connectivity index (χ3n) is 2.22. The number of ether oxygens (including phenoxy) is 2. The Morgan fingerprint density at radius 2 is 1.94 bits per heavy atom. The van der Waals surface area contributed by atoms with Crippen LogP contribution in [0.5, 0.6) is 11.5 Å². The first-order valence-corrected chi connectivity index (χ1v) is 5.30. The van der Waals surface area contributed by atoms with Crippen LogP contribution in [-0.2, 0) is 0 Å². The first kappa shape index (κ1) is 11.5. The van der Waals surface area contributed by atoms with Crippen molar-refractivity contribution in [3.63, 3.8) is 0 Å². The van der Waals surface area contributed by atoms with Gasteiger partial charge >= 0.3 is 0 Å². The van der Waals surface area contributed by atoms with Crippen molar-refractivity contribution in [1.82, 2.24) is 9.78 Å². The summed E-state index contributed by atoms with van der Waals surface area (Å²) in [7, 11) is 1.64. The Labute approximate surface area is 99.8 Å². The van der Waals surface area contributed by atoms with Gasteiger partial charge in [-0.2, -0.15) is 5.10 Å². The van der Waals surface area contributed by atoms with E-state index >= 15 is 0 Å². The van der Waals surface area contributed by atoms with Gasteiger partial charge in [-0.05, 0) is 31.2 Å². The second-order valence-corrected chi connectivity index (χ2v) is 3.64. The summed E-state index contributed by atoms with van der Waals surface area (Å²) in [6.07, 6.45) is 3.07. The van der Waals surface area contributed by atoms with Crippen molar-refractivity contribution in [3.05, 3.63) is 36.7 Å². The Morgan fingerprint density at radius 1 is 1.24 bits per heavy atom. The molecule has 1 unspecified atom stereocenters. The molecule has 0 spiro atoms. The number of methoxy groups -OCH3 is 1. The molecule has 90 valence electrons. The van der Waals surface area contributed by atoms with Gasteiger partial charge in [-0.25, -0.2) is 4.68 Å². The van der Waals surface area contributed by atoms with Gasteiger partial charge in [0, 0.05) is 0 Å². The maximum atomic E-state index is 5.53. The molecule has 0 bridgehead atoms. The second-order valence-electron chi connectivity index (χ2n) is 3.64. The zero-order chi connectivity index (χ0) is 12.3. The van der Waals surface area contributed by atoms with Crippen LogP contribution < -0.4 is 15.2 Å². The predicted octanol–water partition coefficient (Wildman–Crippen LogP) is 1.56. The highest BCUT2D eigenvalue weighted by atomic mass is 16.5. The monoisotopic (exact) mass is 233 g/mol. The largest absolute Gasteiger partial charge is 0.497 e. The zero-order valence-corrected chi connectivity index (χ0v) is 9.83. The molecular weight excluding hydrogens is 218 g/mol. The van der Waals surface area contributed by atoms with Crippen LogP contribution in [0.3, 0.4) is 0 Å². The van der Waals surface area contributed by atoms with Crippen LogP contribution in [0.4, 0.5) is 0 Å². The Kier molecular flexibility index (Phi) is 3.30. The lowest BCUT2D eigenvalue weighted by Gasteiger charge is -2.05. The minimum Gasteiger partial charge on any atom is -0.497 e. The van der Waals surface area contributed by atoms with Crippen molar-refractivity contribution in [2.45, 2.75) is 13.2 Å². The molecule has 2 aromatic rings. The summed E-state index contributed by atoms with van der Waals surface area (Å²) in [6.45, 7) is 1.77. The molecule has 0 saturated heterocycles. The van der Waals surface area contributed by atoms with Crippen LogP contribution in [0.25, 0.3) is 5.69 Å². The van der Waals surface area contributed by atoms with Gasteiger partial charge in [0.05, 0.1) is 25.2 Å². The fourth-order valence-corrected chi connectivity index (χ4v) is 1.46. The number of benzene rings is 1. The smallest absolute Gasteiger partial charge is 0.160 e. The molecule has 5 nitrogen and oxygen atoms in total. The minimum atomic E-state index is -0.344. The highest BCUT2D eigenvalue weighted by Gasteiger charge is 2.03. The number of nitrogens with two attached hydrogens (primary N) is 1. The van der Waals surface area contributed by atoms with Crippen molar-refractivity contribution in [2.24, 2.45) is 5.73 Å². The third-order valence-corrected chi connectivity index (χ3v) is 2.22. The van der Waals surface area contributed by atoms with Gasteiger partial charge in [0.15, 0.2) is 5.75 Å². The molecule has 1 aromatic heterocycles. The van der Waals surface area contributed by atoms with Gasteiger partial charge in [0.25, 0.3) is 0 Å². The predicted molar refractivity (Wildman–Crippen MR) is 64.4 cm³/mol. The molecule has 0 saturated carbocycles. The van der Waals surface area contributed by atoms with Gasteiger partial charge in [0.1, 0.15) is 12.0 Å². The van der Waals surface area contributed by atoms with Crippen LogP contribution in [0.2, 0.25) is 0 Å². The SMILES string of the molecule is COc1ccc(-n2cc(OC(C)N)cn2)cc1. The number of aromatic nitrogens is 2. The molecular formula is C12H15N3O2. The molecule has 1 aromatic carbocycles. The molecule has 17 heavy (non-hydrogen) atoms. The lowest BCUT2D eigenvalue weighted by Crippen LogP contribution is -2.22.